The summed E-state index contributed by atoms with van der Waals surface area (Å²) < 4.78 is 0. The molecular formula is C8H14N2. The summed E-state index contributed by atoms with van der Waals surface area (Å²) in [5.41, 5.74) is 0. The van der Waals surface area contributed by atoms with Gasteiger partial charge in [0.05, 0.1) is 0 Å². The Morgan fingerprint density at radius 1 is 1.50 bits per heavy atom. The van der Waals surface area contributed by atoms with Crippen LogP contribution in [0.3, 0.4) is 0 Å². The van der Waals surface area contributed by atoms with Crippen LogP contribution in [-0.2, 0) is 0 Å². The molecule has 0 bridgehead atoms. The summed E-state index contributed by atoms with van der Waals surface area (Å²) in [7, 11) is 1.86. The van der Waals surface area contributed by atoms with E-state index in [1.54, 1.807) is 4.90 Å². The van der Waals surface area contributed by atoms with Crippen molar-refractivity contribution in [2.24, 2.45) is 5.92 Å². The van der Waals surface area contributed by atoms with Gasteiger partial charge in [0.25, 0.3) is 0 Å². The second-order valence-corrected chi connectivity index (χ2v) is 3.13. The van der Waals surface area contributed by atoms with Gasteiger partial charge in [0.2, 0.25) is 0 Å². The highest BCUT2D eigenvalue weighted by Crippen LogP contribution is 2.24. The van der Waals surface area contributed by atoms with Crippen LogP contribution >= 0.6 is 0 Å². The molecule has 0 atom stereocenters. The summed E-state index contributed by atoms with van der Waals surface area (Å²) in [4.78, 5) is 1.73. The van der Waals surface area contributed by atoms with E-state index in [2.05, 4.69) is 6.19 Å². The molecule has 0 N–H and O–H groups in total. The lowest BCUT2D eigenvalue weighted by Gasteiger charge is -2.13. The van der Waals surface area contributed by atoms with Crippen molar-refractivity contribution in [2.45, 2.75) is 25.7 Å². The molecule has 0 aromatic carbocycles. The summed E-state index contributed by atoms with van der Waals surface area (Å²) in [6.45, 7) is 0.969. The Morgan fingerprint density at radius 2 is 2.10 bits per heavy atom. The molecule has 56 valence electrons. The molecule has 1 saturated carbocycles. The van der Waals surface area contributed by atoms with Gasteiger partial charge < -0.3 is 4.90 Å². The molecule has 0 radical (unpaired) electrons. The van der Waals surface area contributed by atoms with Gasteiger partial charge in [0.1, 0.15) is 0 Å². The van der Waals surface area contributed by atoms with E-state index in [1.165, 1.54) is 25.7 Å². The van der Waals surface area contributed by atoms with Crippen LogP contribution in [0.25, 0.3) is 0 Å². The molecule has 1 aliphatic carbocycles. The summed E-state index contributed by atoms with van der Waals surface area (Å²) in [5.74, 6) is 0.796. The summed E-state index contributed by atoms with van der Waals surface area (Å²) in [6.07, 6.45) is 7.51. The predicted molar refractivity (Wildman–Crippen MR) is 40.2 cm³/mol. The van der Waals surface area contributed by atoms with Crippen LogP contribution < -0.4 is 0 Å². The number of nitrogens with zero attached hydrogens (tertiary/aromatic N) is 2. The van der Waals surface area contributed by atoms with Gasteiger partial charge in [-0.25, -0.2) is 0 Å². The van der Waals surface area contributed by atoms with Crippen molar-refractivity contribution in [1.82, 2.24) is 4.90 Å². The molecule has 10 heavy (non-hydrogen) atoms. The highest BCUT2D eigenvalue weighted by molar-refractivity contribution is 4.76. The van der Waals surface area contributed by atoms with E-state index in [9.17, 15) is 0 Å². The van der Waals surface area contributed by atoms with Gasteiger partial charge >= 0.3 is 0 Å². The fourth-order valence-electron chi connectivity index (χ4n) is 1.62. The maximum Gasteiger partial charge on any atom is 0.179 e. The van der Waals surface area contributed by atoms with Crippen LogP contribution in [-0.4, -0.2) is 18.5 Å². The highest BCUT2D eigenvalue weighted by Gasteiger charge is 2.15. The van der Waals surface area contributed by atoms with Crippen LogP contribution in [0.2, 0.25) is 0 Å². The molecule has 0 spiro atoms. The van der Waals surface area contributed by atoms with Crippen molar-refractivity contribution in [3.05, 3.63) is 0 Å². The zero-order valence-corrected chi connectivity index (χ0v) is 6.51. The van der Waals surface area contributed by atoms with E-state index in [0.29, 0.717) is 0 Å². The third-order valence-electron chi connectivity index (χ3n) is 2.18. The minimum atomic E-state index is 0.796. The average molecular weight is 138 g/mol. The van der Waals surface area contributed by atoms with Crippen LogP contribution in [0.5, 0.6) is 0 Å². The van der Waals surface area contributed by atoms with E-state index >= 15 is 0 Å². The van der Waals surface area contributed by atoms with Crippen LogP contribution in [0.15, 0.2) is 0 Å². The largest absolute Gasteiger partial charge is 0.313 e. The molecule has 0 aliphatic heterocycles. The number of rotatable bonds is 2. The van der Waals surface area contributed by atoms with Crippen molar-refractivity contribution in [3.8, 4) is 6.19 Å². The fourth-order valence-corrected chi connectivity index (χ4v) is 1.62. The maximum absolute atomic E-state index is 8.47. The van der Waals surface area contributed by atoms with E-state index in [4.69, 9.17) is 5.26 Å². The highest BCUT2D eigenvalue weighted by atomic mass is 15.1. The first-order valence-electron chi connectivity index (χ1n) is 3.94. The molecule has 0 amide bonds. The summed E-state index contributed by atoms with van der Waals surface area (Å²) in [6, 6.07) is 0. The van der Waals surface area contributed by atoms with Crippen LogP contribution in [0.1, 0.15) is 25.7 Å². The van der Waals surface area contributed by atoms with Crippen molar-refractivity contribution >= 4 is 0 Å². The molecule has 2 heteroatoms. The lowest BCUT2D eigenvalue weighted by atomic mass is 10.1. The van der Waals surface area contributed by atoms with Gasteiger partial charge in [-0.1, -0.05) is 12.8 Å². The Hall–Kier alpha value is -0.710. The first kappa shape index (κ1) is 7.40. The monoisotopic (exact) mass is 138 g/mol. The number of hydrogen-bond donors (Lipinski definition) is 0. The lowest BCUT2D eigenvalue weighted by Crippen LogP contribution is -2.18. The number of nitriles is 1. The molecule has 0 aromatic heterocycles. The predicted octanol–water partition coefficient (Wildman–Crippen LogP) is 1.59. The van der Waals surface area contributed by atoms with Crippen molar-refractivity contribution in [3.63, 3.8) is 0 Å². The molecule has 0 unspecified atom stereocenters. The zero-order chi connectivity index (χ0) is 7.40. The quantitative estimate of drug-likeness (QED) is 0.428. The van der Waals surface area contributed by atoms with E-state index < -0.39 is 0 Å². The first-order chi connectivity index (χ1) is 4.83. The minimum absolute atomic E-state index is 0.796. The van der Waals surface area contributed by atoms with Gasteiger partial charge in [-0.3, -0.25) is 0 Å². The lowest BCUT2D eigenvalue weighted by molar-refractivity contribution is 0.370. The zero-order valence-electron chi connectivity index (χ0n) is 6.51. The van der Waals surface area contributed by atoms with Crippen LogP contribution in [0, 0.1) is 17.4 Å². The van der Waals surface area contributed by atoms with Crippen molar-refractivity contribution < 1.29 is 0 Å². The van der Waals surface area contributed by atoms with Gasteiger partial charge in [-0.2, -0.15) is 5.26 Å². The maximum atomic E-state index is 8.47. The SMILES string of the molecule is CN(C#N)CC1CCCC1. The molecule has 2 nitrogen and oxygen atoms in total. The molecular weight excluding hydrogens is 124 g/mol. The van der Waals surface area contributed by atoms with Crippen molar-refractivity contribution in [1.29, 1.82) is 5.26 Å². The Morgan fingerprint density at radius 3 is 2.60 bits per heavy atom. The molecule has 0 heterocycles. The molecule has 1 aliphatic rings. The fraction of sp³-hybridized carbons (Fsp3) is 0.875. The average Bonchev–Trinajstić information content (AvgIpc) is 2.40. The smallest absolute Gasteiger partial charge is 0.179 e. The third kappa shape index (κ3) is 1.91. The van der Waals surface area contributed by atoms with Gasteiger partial charge in [-0.15, -0.1) is 0 Å². The Labute approximate surface area is 62.4 Å². The van der Waals surface area contributed by atoms with Crippen molar-refractivity contribution in [2.75, 3.05) is 13.6 Å². The Kier molecular flexibility index (Phi) is 2.56. The Bertz CT molecular complexity index is 131. The second-order valence-electron chi connectivity index (χ2n) is 3.13. The van der Waals surface area contributed by atoms with E-state index in [1.807, 2.05) is 7.05 Å². The van der Waals surface area contributed by atoms with Gasteiger partial charge in [0, 0.05) is 13.6 Å². The normalized spacial score (nSPS) is 18.8. The van der Waals surface area contributed by atoms with Gasteiger partial charge in [-0.05, 0) is 18.8 Å². The Balaban J connectivity index is 2.19. The topological polar surface area (TPSA) is 27.0 Å². The van der Waals surface area contributed by atoms with E-state index in [0.717, 1.165) is 12.5 Å². The second kappa shape index (κ2) is 3.46. The summed E-state index contributed by atoms with van der Waals surface area (Å²) in [5, 5.41) is 8.47. The van der Waals surface area contributed by atoms with Gasteiger partial charge in [0.15, 0.2) is 6.19 Å². The number of hydrogen-bond acceptors (Lipinski definition) is 2. The molecule has 1 fully saturated rings. The summed E-state index contributed by atoms with van der Waals surface area (Å²) >= 11 is 0. The standard InChI is InChI=1S/C8H14N2/c1-10(7-9)6-8-4-2-3-5-8/h8H,2-6H2,1H3. The minimum Gasteiger partial charge on any atom is -0.313 e. The first-order valence-corrected chi connectivity index (χ1v) is 3.94. The third-order valence-corrected chi connectivity index (χ3v) is 2.18. The van der Waals surface area contributed by atoms with E-state index in [-0.39, 0.29) is 0 Å². The molecule has 0 aromatic rings. The van der Waals surface area contributed by atoms with Crippen LogP contribution in [0.4, 0.5) is 0 Å². The molecule has 1 rings (SSSR count). The molecule has 0 saturated heterocycles.